The molecular formula is C27H26N2O. The average Bonchev–Trinajstić information content (AvgIpc) is 3.27. The van der Waals surface area contributed by atoms with Crippen molar-refractivity contribution < 1.29 is 4.79 Å². The lowest BCUT2D eigenvalue weighted by Crippen LogP contribution is -2.27. The molecular weight excluding hydrogens is 368 g/mol. The van der Waals surface area contributed by atoms with Gasteiger partial charge in [0, 0.05) is 36.5 Å². The van der Waals surface area contributed by atoms with Gasteiger partial charge in [-0.2, -0.15) is 0 Å². The van der Waals surface area contributed by atoms with Crippen molar-refractivity contribution in [1.29, 1.82) is 0 Å². The van der Waals surface area contributed by atoms with Crippen LogP contribution in [-0.4, -0.2) is 15.4 Å². The quantitative estimate of drug-likeness (QED) is 0.416. The molecule has 0 N–H and O–H groups in total. The van der Waals surface area contributed by atoms with E-state index in [9.17, 15) is 4.79 Å². The van der Waals surface area contributed by atoms with Gasteiger partial charge in [0.1, 0.15) is 0 Å². The zero-order valence-corrected chi connectivity index (χ0v) is 17.5. The molecule has 0 spiro atoms. The van der Waals surface area contributed by atoms with Crippen LogP contribution in [0, 0.1) is 6.92 Å². The molecule has 1 aromatic heterocycles. The molecule has 0 saturated carbocycles. The summed E-state index contributed by atoms with van der Waals surface area (Å²) in [6, 6.07) is 27.7. The fraction of sp³-hybridized carbons (Fsp3) is 0.222. The smallest absolute Gasteiger partial charge is 0.223 e. The van der Waals surface area contributed by atoms with Crippen LogP contribution in [0.3, 0.4) is 0 Å². The minimum Gasteiger partial charge on any atom is -0.343 e. The zero-order chi connectivity index (χ0) is 20.7. The second-order valence-electron chi connectivity index (χ2n) is 8.27. The number of hydrogen-bond acceptors (Lipinski definition) is 1. The van der Waals surface area contributed by atoms with Crippen LogP contribution < -0.4 is 0 Å². The SMILES string of the molecule is Cc1ccc(-c2c([C@@H]3CCC(=O)N3Cc3ccccc3)c3ccccc3n2C)cc1. The first-order valence-corrected chi connectivity index (χ1v) is 10.6. The number of carbonyl (C=O) groups is 1. The molecule has 0 radical (unpaired) electrons. The Morgan fingerprint density at radius 1 is 0.900 bits per heavy atom. The lowest BCUT2D eigenvalue weighted by atomic mass is 9.96. The third-order valence-electron chi connectivity index (χ3n) is 6.33. The Hall–Kier alpha value is -3.33. The summed E-state index contributed by atoms with van der Waals surface area (Å²) in [4.78, 5) is 15.0. The van der Waals surface area contributed by atoms with Gasteiger partial charge in [-0.05, 0) is 30.5 Å². The molecule has 150 valence electrons. The maximum Gasteiger partial charge on any atom is 0.223 e. The van der Waals surface area contributed by atoms with Crippen LogP contribution in [0.25, 0.3) is 22.2 Å². The molecule has 1 atom stereocenters. The fourth-order valence-electron chi connectivity index (χ4n) is 4.83. The number of nitrogens with zero attached hydrogens (tertiary/aromatic N) is 2. The highest BCUT2D eigenvalue weighted by molar-refractivity contribution is 5.93. The van der Waals surface area contributed by atoms with E-state index in [4.69, 9.17) is 0 Å². The normalized spacial score (nSPS) is 16.5. The second kappa shape index (κ2) is 7.49. The van der Waals surface area contributed by atoms with Crippen LogP contribution in [0.1, 0.15) is 35.6 Å². The molecule has 4 aromatic rings. The largest absolute Gasteiger partial charge is 0.343 e. The Kier molecular flexibility index (Phi) is 4.66. The molecule has 5 rings (SSSR count). The summed E-state index contributed by atoms with van der Waals surface area (Å²) in [7, 11) is 2.14. The number of likely N-dealkylation sites (tertiary alicyclic amines) is 1. The van der Waals surface area contributed by atoms with Crippen LogP contribution in [-0.2, 0) is 18.4 Å². The summed E-state index contributed by atoms with van der Waals surface area (Å²) in [5, 5.41) is 1.24. The van der Waals surface area contributed by atoms with Gasteiger partial charge in [0.05, 0.1) is 11.7 Å². The molecule has 2 heterocycles. The Balaban J connectivity index is 1.68. The Morgan fingerprint density at radius 2 is 1.60 bits per heavy atom. The summed E-state index contributed by atoms with van der Waals surface area (Å²) in [6.07, 6.45) is 1.46. The van der Waals surface area contributed by atoms with Gasteiger partial charge in [0.2, 0.25) is 5.91 Å². The minimum absolute atomic E-state index is 0.0834. The van der Waals surface area contributed by atoms with Gasteiger partial charge in [0.25, 0.3) is 0 Å². The molecule has 1 aliphatic heterocycles. The monoisotopic (exact) mass is 394 g/mol. The molecule has 0 unspecified atom stereocenters. The van der Waals surface area contributed by atoms with Crippen molar-refractivity contribution >= 4 is 16.8 Å². The zero-order valence-electron chi connectivity index (χ0n) is 17.5. The molecule has 3 nitrogen and oxygen atoms in total. The van der Waals surface area contributed by atoms with Crippen LogP contribution in [0.5, 0.6) is 0 Å². The highest BCUT2D eigenvalue weighted by atomic mass is 16.2. The molecule has 1 aliphatic rings. The third-order valence-corrected chi connectivity index (χ3v) is 6.33. The Bertz CT molecular complexity index is 1210. The topological polar surface area (TPSA) is 25.2 Å². The maximum absolute atomic E-state index is 12.9. The van der Waals surface area contributed by atoms with Gasteiger partial charge < -0.3 is 9.47 Å². The molecule has 30 heavy (non-hydrogen) atoms. The second-order valence-corrected chi connectivity index (χ2v) is 8.27. The molecule has 1 saturated heterocycles. The van der Waals surface area contributed by atoms with E-state index < -0.39 is 0 Å². The molecule has 3 aromatic carbocycles. The number of aryl methyl sites for hydroxylation is 2. The van der Waals surface area contributed by atoms with Crippen molar-refractivity contribution in [3.8, 4) is 11.3 Å². The Morgan fingerprint density at radius 3 is 2.37 bits per heavy atom. The number of benzene rings is 3. The predicted molar refractivity (Wildman–Crippen MR) is 122 cm³/mol. The van der Waals surface area contributed by atoms with Gasteiger partial charge in [-0.15, -0.1) is 0 Å². The number of hydrogen-bond donors (Lipinski definition) is 0. The van der Waals surface area contributed by atoms with Gasteiger partial charge in [-0.25, -0.2) is 0 Å². The van der Waals surface area contributed by atoms with Crippen LogP contribution in [0.2, 0.25) is 0 Å². The van der Waals surface area contributed by atoms with E-state index >= 15 is 0 Å². The third kappa shape index (κ3) is 3.11. The van der Waals surface area contributed by atoms with Crippen LogP contribution in [0.15, 0.2) is 78.9 Å². The molecule has 3 heteroatoms. The number of carbonyl (C=O) groups excluding carboxylic acids is 1. The van der Waals surface area contributed by atoms with Crippen molar-refractivity contribution in [2.45, 2.75) is 32.4 Å². The highest BCUT2D eigenvalue weighted by Gasteiger charge is 2.36. The van der Waals surface area contributed by atoms with Crippen molar-refractivity contribution in [3.05, 3.63) is 95.6 Å². The van der Waals surface area contributed by atoms with E-state index in [2.05, 4.69) is 84.1 Å². The summed E-state index contributed by atoms with van der Waals surface area (Å²) in [5.74, 6) is 0.242. The Labute approximate surface area is 177 Å². The lowest BCUT2D eigenvalue weighted by Gasteiger charge is -2.26. The number of rotatable bonds is 4. The number of aromatic nitrogens is 1. The fourth-order valence-corrected chi connectivity index (χ4v) is 4.83. The molecule has 1 amide bonds. The molecule has 0 bridgehead atoms. The van der Waals surface area contributed by atoms with Crippen molar-refractivity contribution in [2.24, 2.45) is 7.05 Å². The summed E-state index contributed by atoms with van der Waals surface area (Å²) in [5.41, 5.74) is 7.33. The summed E-state index contributed by atoms with van der Waals surface area (Å²) < 4.78 is 2.29. The van der Waals surface area contributed by atoms with E-state index in [1.54, 1.807) is 0 Å². The van der Waals surface area contributed by atoms with Crippen LogP contribution >= 0.6 is 0 Å². The van der Waals surface area contributed by atoms with E-state index in [0.717, 1.165) is 6.42 Å². The van der Waals surface area contributed by atoms with Gasteiger partial charge in [0.15, 0.2) is 0 Å². The first-order valence-electron chi connectivity index (χ1n) is 10.6. The lowest BCUT2D eigenvalue weighted by molar-refractivity contribution is -0.129. The molecule has 1 fully saturated rings. The summed E-state index contributed by atoms with van der Waals surface area (Å²) >= 11 is 0. The average molecular weight is 395 g/mol. The van der Waals surface area contributed by atoms with Gasteiger partial charge in [-0.1, -0.05) is 78.4 Å². The van der Waals surface area contributed by atoms with Gasteiger partial charge in [-0.3, -0.25) is 4.79 Å². The predicted octanol–water partition coefficient (Wildman–Crippen LogP) is 6.02. The first kappa shape index (κ1) is 18.7. The minimum atomic E-state index is 0.0834. The maximum atomic E-state index is 12.9. The number of amides is 1. The highest BCUT2D eigenvalue weighted by Crippen LogP contribution is 2.44. The van der Waals surface area contributed by atoms with E-state index in [0.29, 0.717) is 13.0 Å². The summed E-state index contributed by atoms with van der Waals surface area (Å²) in [6.45, 7) is 2.77. The molecule has 0 aliphatic carbocycles. The van der Waals surface area contributed by atoms with Crippen LogP contribution in [0.4, 0.5) is 0 Å². The van der Waals surface area contributed by atoms with Crippen molar-refractivity contribution in [3.63, 3.8) is 0 Å². The van der Waals surface area contributed by atoms with E-state index in [1.807, 2.05) is 18.2 Å². The van der Waals surface area contributed by atoms with Gasteiger partial charge >= 0.3 is 0 Å². The van der Waals surface area contributed by atoms with Crippen molar-refractivity contribution in [1.82, 2.24) is 9.47 Å². The number of para-hydroxylation sites is 1. The van der Waals surface area contributed by atoms with E-state index in [1.165, 1.54) is 38.9 Å². The standard InChI is InChI=1S/C27H26N2O/c1-19-12-14-21(15-13-19)27-26(22-10-6-7-11-23(22)28(27)2)24-16-17-25(30)29(24)18-20-8-4-3-5-9-20/h3-15,24H,16-18H2,1-2H3/t24-/m0/s1. The first-order chi connectivity index (χ1) is 14.6. The van der Waals surface area contributed by atoms with Crippen molar-refractivity contribution in [2.75, 3.05) is 0 Å². The number of fused-ring (bicyclic) bond motifs is 1. The van der Waals surface area contributed by atoms with E-state index in [-0.39, 0.29) is 11.9 Å².